The second-order valence-electron chi connectivity index (χ2n) is 7.30. The van der Waals surface area contributed by atoms with Gasteiger partial charge in [0.15, 0.2) is 5.96 Å². The molecule has 1 saturated carbocycles. The Hall–Kier alpha value is -1.38. The van der Waals surface area contributed by atoms with Crippen molar-refractivity contribution in [1.82, 2.24) is 15.1 Å². The van der Waals surface area contributed by atoms with Crippen molar-refractivity contribution in [2.75, 3.05) is 39.3 Å². The van der Waals surface area contributed by atoms with E-state index in [0.29, 0.717) is 6.54 Å². The number of nitrogens with zero attached hydrogens (tertiary/aromatic N) is 3. The van der Waals surface area contributed by atoms with E-state index in [1.807, 2.05) is 17.0 Å². The molecular weight excluding hydrogens is 458 g/mol. The van der Waals surface area contributed by atoms with Gasteiger partial charge >= 0.3 is 0 Å². The minimum atomic E-state index is -0.191. The molecule has 1 amide bonds. The minimum Gasteiger partial charge on any atom is -0.357 e. The van der Waals surface area contributed by atoms with E-state index in [1.54, 1.807) is 19.1 Å². The Labute approximate surface area is 178 Å². The molecule has 1 aliphatic heterocycles. The third-order valence-corrected chi connectivity index (χ3v) is 5.66. The first-order valence-electron chi connectivity index (χ1n) is 9.59. The number of benzene rings is 1. The second kappa shape index (κ2) is 9.71. The van der Waals surface area contributed by atoms with Gasteiger partial charge in [-0.2, -0.15) is 0 Å². The molecule has 2 aliphatic rings. The monoisotopic (exact) mass is 488 g/mol. The lowest BCUT2D eigenvalue weighted by molar-refractivity contribution is -0.130. The van der Waals surface area contributed by atoms with Crippen molar-refractivity contribution in [1.29, 1.82) is 0 Å². The SMILES string of the molecule is CCNC(=NCC1(c2ccc(F)cc2)CCC1)N1CCN(C(C)=O)CC1.I. The Morgan fingerprint density at radius 1 is 1.15 bits per heavy atom. The van der Waals surface area contributed by atoms with Crippen LogP contribution in [-0.4, -0.2) is 60.9 Å². The number of halogens is 2. The van der Waals surface area contributed by atoms with Gasteiger partial charge in [-0.25, -0.2) is 4.39 Å². The van der Waals surface area contributed by atoms with Crippen LogP contribution >= 0.6 is 24.0 Å². The molecule has 1 N–H and O–H groups in total. The molecule has 1 aromatic rings. The van der Waals surface area contributed by atoms with Gasteiger partial charge < -0.3 is 15.1 Å². The van der Waals surface area contributed by atoms with Crippen LogP contribution in [0.3, 0.4) is 0 Å². The molecule has 1 heterocycles. The van der Waals surface area contributed by atoms with E-state index in [2.05, 4.69) is 17.1 Å². The first kappa shape index (κ1) is 21.9. The molecule has 0 bridgehead atoms. The van der Waals surface area contributed by atoms with E-state index in [1.165, 1.54) is 12.0 Å². The lowest BCUT2D eigenvalue weighted by atomic mass is 9.64. The molecule has 0 atom stereocenters. The van der Waals surface area contributed by atoms with E-state index in [9.17, 15) is 9.18 Å². The van der Waals surface area contributed by atoms with Gasteiger partial charge in [0.1, 0.15) is 5.82 Å². The van der Waals surface area contributed by atoms with E-state index < -0.39 is 0 Å². The van der Waals surface area contributed by atoms with E-state index in [0.717, 1.165) is 51.5 Å². The summed E-state index contributed by atoms with van der Waals surface area (Å²) >= 11 is 0. The third kappa shape index (κ3) is 5.12. The lowest BCUT2D eigenvalue weighted by Crippen LogP contribution is -2.53. The summed E-state index contributed by atoms with van der Waals surface area (Å²) in [5.74, 6) is 0.865. The number of rotatable bonds is 4. The Morgan fingerprint density at radius 2 is 1.74 bits per heavy atom. The standard InChI is InChI=1S/C20H29FN4O.HI/c1-3-22-19(25-13-11-24(12-14-25)16(2)26)23-15-20(9-4-10-20)17-5-7-18(21)8-6-17;/h5-8H,3-4,9-15H2,1-2H3,(H,22,23);1H. The van der Waals surface area contributed by atoms with Gasteiger partial charge in [0, 0.05) is 45.1 Å². The highest BCUT2D eigenvalue weighted by atomic mass is 127. The van der Waals surface area contributed by atoms with Crippen molar-refractivity contribution in [2.45, 2.75) is 38.5 Å². The van der Waals surface area contributed by atoms with Gasteiger partial charge in [-0.05, 0) is 37.5 Å². The fourth-order valence-corrected chi connectivity index (χ4v) is 3.83. The first-order chi connectivity index (χ1) is 12.5. The molecular formula is C20H30FIN4O. The molecule has 27 heavy (non-hydrogen) atoms. The van der Waals surface area contributed by atoms with E-state index in [-0.39, 0.29) is 41.1 Å². The number of guanidine groups is 1. The number of amides is 1. The van der Waals surface area contributed by atoms with Crippen molar-refractivity contribution in [3.63, 3.8) is 0 Å². The number of hydrogen-bond donors (Lipinski definition) is 1. The average Bonchev–Trinajstić information content (AvgIpc) is 2.61. The maximum absolute atomic E-state index is 13.3. The summed E-state index contributed by atoms with van der Waals surface area (Å²) in [6, 6.07) is 6.90. The molecule has 1 saturated heterocycles. The molecule has 150 valence electrons. The first-order valence-corrected chi connectivity index (χ1v) is 9.59. The zero-order valence-corrected chi connectivity index (χ0v) is 18.5. The fraction of sp³-hybridized carbons (Fsp3) is 0.600. The predicted octanol–water partition coefficient (Wildman–Crippen LogP) is 3.00. The zero-order chi connectivity index (χ0) is 18.6. The summed E-state index contributed by atoms with van der Waals surface area (Å²) < 4.78 is 13.3. The van der Waals surface area contributed by atoms with Crippen LogP contribution < -0.4 is 5.32 Å². The molecule has 0 radical (unpaired) electrons. The van der Waals surface area contributed by atoms with Crippen molar-refractivity contribution in [3.05, 3.63) is 35.6 Å². The van der Waals surface area contributed by atoms with Crippen LogP contribution in [-0.2, 0) is 10.2 Å². The van der Waals surface area contributed by atoms with E-state index in [4.69, 9.17) is 4.99 Å². The van der Waals surface area contributed by atoms with Gasteiger partial charge in [0.05, 0.1) is 6.54 Å². The second-order valence-corrected chi connectivity index (χ2v) is 7.30. The normalized spacial score (nSPS) is 19.1. The Balaban J connectivity index is 0.00000261. The Bertz CT molecular complexity index is 652. The maximum atomic E-state index is 13.3. The van der Waals surface area contributed by atoms with Crippen LogP contribution in [0.25, 0.3) is 0 Å². The van der Waals surface area contributed by atoms with Crippen LogP contribution in [0.2, 0.25) is 0 Å². The quantitative estimate of drug-likeness (QED) is 0.403. The number of nitrogens with one attached hydrogen (secondary N) is 1. The predicted molar refractivity (Wildman–Crippen MR) is 117 cm³/mol. The molecule has 3 rings (SSSR count). The topological polar surface area (TPSA) is 47.9 Å². The highest BCUT2D eigenvalue weighted by Gasteiger charge is 2.38. The fourth-order valence-electron chi connectivity index (χ4n) is 3.83. The maximum Gasteiger partial charge on any atom is 0.219 e. The molecule has 0 unspecified atom stereocenters. The minimum absolute atomic E-state index is 0. The smallest absolute Gasteiger partial charge is 0.219 e. The number of carbonyl (C=O) groups excluding carboxylic acids is 1. The van der Waals surface area contributed by atoms with Gasteiger partial charge in [0.2, 0.25) is 5.91 Å². The van der Waals surface area contributed by atoms with Crippen LogP contribution in [0, 0.1) is 5.82 Å². The molecule has 0 spiro atoms. The molecule has 1 aliphatic carbocycles. The summed E-state index contributed by atoms with van der Waals surface area (Å²) in [7, 11) is 0. The van der Waals surface area contributed by atoms with Gasteiger partial charge in [0.25, 0.3) is 0 Å². The molecule has 1 aromatic carbocycles. The molecule has 0 aromatic heterocycles. The number of aliphatic imine (C=N–C) groups is 1. The van der Waals surface area contributed by atoms with Crippen LogP contribution in [0.1, 0.15) is 38.7 Å². The van der Waals surface area contributed by atoms with Crippen molar-refractivity contribution >= 4 is 35.8 Å². The van der Waals surface area contributed by atoms with Crippen molar-refractivity contribution < 1.29 is 9.18 Å². The van der Waals surface area contributed by atoms with Crippen LogP contribution in [0.4, 0.5) is 4.39 Å². The Kier molecular flexibility index (Phi) is 7.88. The van der Waals surface area contributed by atoms with Crippen LogP contribution in [0.5, 0.6) is 0 Å². The highest BCUT2D eigenvalue weighted by molar-refractivity contribution is 14.0. The van der Waals surface area contributed by atoms with Gasteiger partial charge in [-0.3, -0.25) is 9.79 Å². The van der Waals surface area contributed by atoms with Gasteiger partial charge in [-0.1, -0.05) is 18.6 Å². The largest absolute Gasteiger partial charge is 0.357 e. The molecule has 2 fully saturated rings. The summed E-state index contributed by atoms with van der Waals surface area (Å²) in [4.78, 5) is 20.6. The van der Waals surface area contributed by atoms with Crippen LogP contribution in [0.15, 0.2) is 29.3 Å². The third-order valence-electron chi connectivity index (χ3n) is 5.66. The van der Waals surface area contributed by atoms with Gasteiger partial charge in [-0.15, -0.1) is 24.0 Å². The zero-order valence-electron chi connectivity index (χ0n) is 16.2. The lowest BCUT2D eigenvalue weighted by Gasteiger charge is -2.42. The molecule has 5 nitrogen and oxygen atoms in total. The number of hydrogen-bond acceptors (Lipinski definition) is 2. The summed E-state index contributed by atoms with van der Waals surface area (Å²) in [6.07, 6.45) is 3.39. The number of carbonyl (C=O) groups is 1. The highest BCUT2D eigenvalue weighted by Crippen LogP contribution is 2.44. The van der Waals surface area contributed by atoms with E-state index >= 15 is 0 Å². The summed E-state index contributed by atoms with van der Waals surface area (Å²) in [6.45, 7) is 8.30. The Morgan fingerprint density at radius 3 is 2.22 bits per heavy atom. The van der Waals surface area contributed by atoms with Crippen molar-refractivity contribution in [2.24, 2.45) is 4.99 Å². The molecule has 7 heteroatoms. The number of piperazine rings is 1. The van der Waals surface area contributed by atoms with Crippen molar-refractivity contribution in [3.8, 4) is 0 Å². The summed E-state index contributed by atoms with van der Waals surface area (Å²) in [5, 5.41) is 3.39. The average molecular weight is 488 g/mol. The summed E-state index contributed by atoms with van der Waals surface area (Å²) in [5.41, 5.74) is 1.22.